The van der Waals surface area contributed by atoms with Gasteiger partial charge in [-0.25, -0.2) is 4.98 Å². The predicted molar refractivity (Wildman–Crippen MR) is 113 cm³/mol. The van der Waals surface area contributed by atoms with Crippen LogP contribution < -0.4 is 15.6 Å². The van der Waals surface area contributed by atoms with Crippen molar-refractivity contribution in [3.63, 3.8) is 0 Å². The van der Waals surface area contributed by atoms with E-state index in [4.69, 9.17) is 9.72 Å². The van der Waals surface area contributed by atoms with Crippen LogP contribution in [-0.4, -0.2) is 23.2 Å². The van der Waals surface area contributed by atoms with Crippen molar-refractivity contribution >= 4 is 10.9 Å². The van der Waals surface area contributed by atoms with E-state index >= 15 is 0 Å². The second-order valence-corrected chi connectivity index (χ2v) is 7.20. The molecule has 148 valence electrons. The van der Waals surface area contributed by atoms with Crippen LogP contribution in [0.4, 0.5) is 0 Å². The molecule has 1 heterocycles. The Balaban J connectivity index is 2.00. The summed E-state index contributed by atoms with van der Waals surface area (Å²) in [7, 11) is 1.64. The van der Waals surface area contributed by atoms with Crippen molar-refractivity contribution in [3.8, 4) is 11.4 Å². The second-order valence-electron chi connectivity index (χ2n) is 7.20. The lowest BCUT2D eigenvalue weighted by molar-refractivity contribution is -0.694. The smallest absolute Gasteiger partial charge is 0.266 e. The van der Waals surface area contributed by atoms with Crippen LogP contribution in [0, 0.1) is 0 Å². The molecule has 0 amide bonds. The molecule has 2 N–H and O–H groups in total. The number of hydrogen-bond donors (Lipinski definition) is 1. The molecule has 0 fully saturated rings. The Hall–Kier alpha value is -2.66. The second kappa shape index (κ2) is 9.51. The third-order valence-electron chi connectivity index (χ3n) is 5.12. The number of unbranched alkanes of at least 4 members (excludes halogenated alkanes) is 3. The zero-order valence-electron chi connectivity index (χ0n) is 17.0. The number of nitrogens with zero attached hydrogens (tertiary/aromatic N) is 2. The summed E-state index contributed by atoms with van der Waals surface area (Å²) in [6.45, 7) is 5.38. The van der Waals surface area contributed by atoms with Crippen LogP contribution in [0.3, 0.4) is 0 Å². The number of ether oxygens (including phenoxy) is 1. The van der Waals surface area contributed by atoms with Gasteiger partial charge in [0, 0.05) is 0 Å². The maximum absolute atomic E-state index is 13.3. The van der Waals surface area contributed by atoms with E-state index < -0.39 is 0 Å². The zero-order valence-corrected chi connectivity index (χ0v) is 17.0. The third kappa shape index (κ3) is 4.42. The van der Waals surface area contributed by atoms with Gasteiger partial charge in [-0.3, -0.25) is 9.36 Å². The number of para-hydroxylation sites is 1. The monoisotopic (exact) mass is 380 g/mol. The topological polar surface area (TPSA) is 60.7 Å². The molecule has 5 heteroatoms. The highest BCUT2D eigenvalue weighted by atomic mass is 16.5. The number of benzene rings is 2. The number of fused-ring (bicyclic) bond motifs is 1. The number of aromatic nitrogens is 2. The number of hydrogen-bond acceptors (Lipinski definition) is 3. The summed E-state index contributed by atoms with van der Waals surface area (Å²) in [5, 5.41) is 2.92. The first kappa shape index (κ1) is 20.1. The van der Waals surface area contributed by atoms with Crippen LogP contribution in [0.15, 0.2) is 53.3 Å². The fourth-order valence-electron chi connectivity index (χ4n) is 3.48. The average molecular weight is 381 g/mol. The van der Waals surface area contributed by atoms with Gasteiger partial charge in [0.15, 0.2) is 5.82 Å². The number of nitrogens with two attached hydrogens (primary N) is 1. The first-order chi connectivity index (χ1) is 13.7. The van der Waals surface area contributed by atoms with Gasteiger partial charge >= 0.3 is 0 Å². The minimum absolute atomic E-state index is 0.0306. The van der Waals surface area contributed by atoms with E-state index in [2.05, 4.69) is 19.2 Å². The number of methoxy groups -OCH3 is 1. The Morgan fingerprint density at radius 3 is 2.54 bits per heavy atom. The van der Waals surface area contributed by atoms with E-state index in [1.54, 1.807) is 11.7 Å². The summed E-state index contributed by atoms with van der Waals surface area (Å²) in [6, 6.07) is 15.2. The van der Waals surface area contributed by atoms with Crippen LogP contribution in [0.25, 0.3) is 16.6 Å². The molecular formula is C23H30N3O2+. The van der Waals surface area contributed by atoms with E-state index in [9.17, 15) is 4.79 Å². The SMILES string of the molecule is CCCCCC[NH2+][C@@H](C)c1nc2ccccc2c(=O)n1-c1ccc(OC)cc1. The molecule has 0 spiro atoms. The van der Waals surface area contributed by atoms with E-state index in [0.29, 0.717) is 5.39 Å². The molecule has 0 saturated carbocycles. The summed E-state index contributed by atoms with van der Waals surface area (Å²) in [6.07, 6.45) is 4.93. The number of rotatable bonds is 9. The summed E-state index contributed by atoms with van der Waals surface area (Å²) in [4.78, 5) is 18.2. The molecule has 28 heavy (non-hydrogen) atoms. The minimum Gasteiger partial charge on any atom is -0.497 e. The molecule has 0 aliphatic rings. The van der Waals surface area contributed by atoms with Crippen LogP contribution in [0.5, 0.6) is 5.75 Å². The lowest BCUT2D eigenvalue weighted by atomic mass is 10.2. The van der Waals surface area contributed by atoms with Gasteiger partial charge in [-0.1, -0.05) is 31.9 Å². The predicted octanol–water partition coefficient (Wildman–Crippen LogP) is 3.60. The molecule has 1 aromatic heterocycles. The summed E-state index contributed by atoms with van der Waals surface area (Å²) in [5.74, 6) is 1.55. The molecule has 0 aliphatic carbocycles. The summed E-state index contributed by atoms with van der Waals surface area (Å²) in [5.41, 5.74) is 1.53. The largest absolute Gasteiger partial charge is 0.497 e. The van der Waals surface area contributed by atoms with Crippen molar-refractivity contribution < 1.29 is 10.1 Å². The van der Waals surface area contributed by atoms with Gasteiger partial charge < -0.3 is 10.1 Å². The molecule has 1 atom stereocenters. The summed E-state index contributed by atoms with van der Waals surface area (Å²) < 4.78 is 7.00. The first-order valence-electron chi connectivity index (χ1n) is 10.1. The Labute approximate surface area is 166 Å². The highest BCUT2D eigenvalue weighted by Crippen LogP contribution is 2.19. The normalized spacial score (nSPS) is 12.2. The van der Waals surface area contributed by atoms with Crippen LogP contribution in [-0.2, 0) is 0 Å². The molecule has 2 aromatic carbocycles. The molecule has 0 bridgehead atoms. The van der Waals surface area contributed by atoms with Gasteiger partial charge in [0.1, 0.15) is 11.8 Å². The summed E-state index contributed by atoms with van der Waals surface area (Å²) >= 11 is 0. The van der Waals surface area contributed by atoms with Gasteiger partial charge in [0.05, 0.1) is 30.2 Å². The van der Waals surface area contributed by atoms with E-state index in [0.717, 1.165) is 29.3 Å². The highest BCUT2D eigenvalue weighted by molar-refractivity contribution is 5.77. The number of quaternary nitrogens is 1. The lowest BCUT2D eigenvalue weighted by Crippen LogP contribution is -2.85. The highest BCUT2D eigenvalue weighted by Gasteiger charge is 2.20. The average Bonchev–Trinajstić information content (AvgIpc) is 2.73. The van der Waals surface area contributed by atoms with Gasteiger partial charge in [0.2, 0.25) is 0 Å². The fraction of sp³-hybridized carbons (Fsp3) is 0.391. The molecule has 0 saturated heterocycles. The van der Waals surface area contributed by atoms with Crippen LogP contribution >= 0.6 is 0 Å². The van der Waals surface area contributed by atoms with E-state index in [1.807, 2.05) is 48.5 Å². The Bertz CT molecular complexity index is 964. The van der Waals surface area contributed by atoms with Crippen molar-refractivity contribution in [1.29, 1.82) is 0 Å². The maximum atomic E-state index is 13.3. The van der Waals surface area contributed by atoms with E-state index in [-0.39, 0.29) is 11.6 Å². The molecule has 0 unspecified atom stereocenters. The molecule has 3 rings (SSSR count). The molecule has 3 aromatic rings. The first-order valence-corrected chi connectivity index (χ1v) is 10.1. The van der Waals surface area contributed by atoms with E-state index in [1.165, 1.54) is 25.7 Å². The van der Waals surface area contributed by atoms with Crippen molar-refractivity contribution in [1.82, 2.24) is 9.55 Å². The molecule has 0 radical (unpaired) electrons. The molecule has 0 aliphatic heterocycles. The van der Waals surface area contributed by atoms with Crippen molar-refractivity contribution in [3.05, 3.63) is 64.7 Å². The van der Waals surface area contributed by atoms with Gasteiger partial charge in [0.25, 0.3) is 5.56 Å². The van der Waals surface area contributed by atoms with Crippen LogP contribution in [0.2, 0.25) is 0 Å². The lowest BCUT2D eigenvalue weighted by Gasteiger charge is -2.18. The third-order valence-corrected chi connectivity index (χ3v) is 5.12. The molecule has 5 nitrogen and oxygen atoms in total. The van der Waals surface area contributed by atoms with Crippen molar-refractivity contribution in [2.75, 3.05) is 13.7 Å². The standard InChI is InChI=1S/C23H29N3O2/c1-4-5-6-9-16-24-17(2)22-25-21-11-8-7-10-20(21)23(27)26(22)18-12-14-19(28-3)15-13-18/h7-8,10-15,17,24H,4-6,9,16H2,1-3H3/p+1/t17-/m0/s1. The quantitative estimate of drug-likeness (QED) is 0.577. The van der Waals surface area contributed by atoms with Gasteiger partial charge in [-0.15, -0.1) is 0 Å². The maximum Gasteiger partial charge on any atom is 0.266 e. The zero-order chi connectivity index (χ0) is 19.9. The van der Waals surface area contributed by atoms with Crippen molar-refractivity contribution in [2.45, 2.75) is 45.6 Å². The fourth-order valence-corrected chi connectivity index (χ4v) is 3.48. The Kier molecular flexibility index (Phi) is 6.82. The minimum atomic E-state index is -0.0306. The van der Waals surface area contributed by atoms with Crippen molar-refractivity contribution in [2.24, 2.45) is 0 Å². The molecular weight excluding hydrogens is 350 g/mol. The Morgan fingerprint density at radius 2 is 1.82 bits per heavy atom. The van der Waals surface area contributed by atoms with Crippen LogP contribution in [0.1, 0.15) is 51.4 Å². The van der Waals surface area contributed by atoms with Gasteiger partial charge in [-0.05, 0) is 56.2 Å². The van der Waals surface area contributed by atoms with Gasteiger partial charge in [-0.2, -0.15) is 0 Å². The Morgan fingerprint density at radius 1 is 1.07 bits per heavy atom.